The van der Waals surface area contributed by atoms with Crippen molar-refractivity contribution in [1.29, 1.82) is 5.26 Å². The highest BCUT2D eigenvalue weighted by molar-refractivity contribution is 5.70. The average molecular weight is 367 g/mol. The van der Waals surface area contributed by atoms with E-state index in [4.69, 9.17) is 4.74 Å². The number of benzene rings is 1. The third-order valence-electron chi connectivity index (χ3n) is 4.43. The monoisotopic (exact) mass is 367 g/mol. The van der Waals surface area contributed by atoms with Gasteiger partial charge in [-0.25, -0.2) is 14.3 Å². The number of fused-ring (bicyclic) bond motifs is 1. The molecule has 1 N–H and O–H groups in total. The molecule has 7 heteroatoms. The van der Waals surface area contributed by atoms with Gasteiger partial charge in [0.15, 0.2) is 0 Å². The molecule has 1 aliphatic rings. The Balaban J connectivity index is 1.87. The molecule has 7 nitrogen and oxygen atoms in total. The van der Waals surface area contributed by atoms with Crippen molar-refractivity contribution in [3.63, 3.8) is 0 Å². The lowest BCUT2D eigenvalue weighted by atomic mass is 9.97. The molecule has 0 saturated carbocycles. The minimum Gasteiger partial charge on any atom is -0.443 e. The molecule has 0 fully saturated rings. The molecule has 0 spiro atoms. The second kappa shape index (κ2) is 6.97. The molecule has 3 rings (SSSR count). The number of carbonyl (C=O) groups is 2. The highest BCUT2D eigenvalue weighted by Crippen LogP contribution is 2.32. The maximum Gasteiger partial charge on any atom is 0.419 e. The standard InChI is InChI=1S/C20H21N3O4/c1-20(2,3)27-19(26)23-9-17(22-11-23)18(25)14-6-13-4-12(10-24)5-16(13)15(7-14)8-21/h6-7,9-12,18,25H,4-5H2,1-3H3. The first-order valence-electron chi connectivity index (χ1n) is 8.68. The number of aromatic nitrogens is 2. The molecule has 27 heavy (non-hydrogen) atoms. The van der Waals surface area contributed by atoms with Gasteiger partial charge in [0.05, 0.1) is 17.3 Å². The van der Waals surface area contributed by atoms with E-state index in [2.05, 4.69) is 11.1 Å². The molecular weight excluding hydrogens is 346 g/mol. The quantitative estimate of drug-likeness (QED) is 0.836. The maximum atomic E-state index is 12.1. The van der Waals surface area contributed by atoms with E-state index in [-0.39, 0.29) is 11.6 Å². The summed E-state index contributed by atoms with van der Waals surface area (Å²) in [6.45, 7) is 5.29. The molecule has 0 bridgehead atoms. The first-order chi connectivity index (χ1) is 12.7. The van der Waals surface area contributed by atoms with Gasteiger partial charge in [-0.05, 0) is 56.4 Å². The van der Waals surface area contributed by atoms with E-state index in [9.17, 15) is 20.0 Å². The molecule has 0 radical (unpaired) electrons. The van der Waals surface area contributed by atoms with Crippen LogP contribution in [0.1, 0.15) is 54.8 Å². The van der Waals surface area contributed by atoms with Crippen LogP contribution in [0.3, 0.4) is 0 Å². The van der Waals surface area contributed by atoms with Crippen LogP contribution >= 0.6 is 0 Å². The van der Waals surface area contributed by atoms with Gasteiger partial charge in [-0.1, -0.05) is 6.07 Å². The first-order valence-corrected chi connectivity index (χ1v) is 8.68. The Bertz CT molecular complexity index is 934. The average Bonchev–Trinajstić information content (AvgIpc) is 3.25. The summed E-state index contributed by atoms with van der Waals surface area (Å²) in [5.74, 6) is -0.133. The van der Waals surface area contributed by atoms with Crippen LogP contribution < -0.4 is 0 Å². The van der Waals surface area contributed by atoms with Crippen molar-refractivity contribution in [2.75, 3.05) is 0 Å². The smallest absolute Gasteiger partial charge is 0.419 e. The molecule has 0 aliphatic heterocycles. The lowest BCUT2D eigenvalue weighted by Crippen LogP contribution is -2.26. The molecule has 2 aromatic rings. The van der Waals surface area contributed by atoms with Gasteiger partial charge in [0, 0.05) is 12.1 Å². The van der Waals surface area contributed by atoms with Gasteiger partial charge in [-0.15, -0.1) is 0 Å². The molecule has 140 valence electrons. The summed E-state index contributed by atoms with van der Waals surface area (Å²) in [4.78, 5) is 27.3. The van der Waals surface area contributed by atoms with E-state index in [1.54, 1.807) is 32.9 Å². The Morgan fingerprint density at radius 2 is 2.19 bits per heavy atom. The van der Waals surface area contributed by atoms with Crippen molar-refractivity contribution in [2.24, 2.45) is 5.92 Å². The Morgan fingerprint density at radius 3 is 2.81 bits per heavy atom. The Hall–Kier alpha value is -2.98. The van der Waals surface area contributed by atoms with Gasteiger partial charge in [0.2, 0.25) is 0 Å². The fourth-order valence-electron chi connectivity index (χ4n) is 3.22. The zero-order valence-corrected chi connectivity index (χ0v) is 15.5. The third-order valence-corrected chi connectivity index (χ3v) is 4.43. The Labute approximate surface area is 157 Å². The number of hydrogen-bond acceptors (Lipinski definition) is 6. The largest absolute Gasteiger partial charge is 0.443 e. The van der Waals surface area contributed by atoms with E-state index in [1.165, 1.54) is 17.1 Å². The summed E-state index contributed by atoms with van der Waals surface area (Å²) >= 11 is 0. The van der Waals surface area contributed by atoms with Crippen LogP contribution in [0.5, 0.6) is 0 Å². The van der Waals surface area contributed by atoms with Gasteiger partial charge in [0.1, 0.15) is 24.3 Å². The molecule has 1 aliphatic carbocycles. The number of ether oxygens (including phenoxy) is 1. The van der Waals surface area contributed by atoms with Crippen molar-refractivity contribution in [3.8, 4) is 6.07 Å². The number of imidazole rings is 1. The predicted molar refractivity (Wildman–Crippen MR) is 96.0 cm³/mol. The van der Waals surface area contributed by atoms with Crippen molar-refractivity contribution in [2.45, 2.75) is 45.3 Å². The molecule has 2 unspecified atom stereocenters. The summed E-state index contributed by atoms with van der Waals surface area (Å²) in [6.07, 6.45) is 3.01. The zero-order chi connectivity index (χ0) is 19.8. The number of aldehydes is 1. The summed E-state index contributed by atoms with van der Waals surface area (Å²) in [6, 6.07) is 5.56. The second-order valence-electron chi connectivity index (χ2n) is 7.71. The second-order valence-corrected chi connectivity index (χ2v) is 7.71. The SMILES string of the molecule is CC(C)(C)OC(=O)n1cnc(C(O)c2cc(C#N)c3c(c2)CC(C=O)C3)c1. The van der Waals surface area contributed by atoms with Crippen LogP contribution in [0.25, 0.3) is 0 Å². The number of hydrogen-bond donors (Lipinski definition) is 1. The molecule has 0 amide bonds. The number of nitrogens with zero attached hydrogens (tertiary/aromatic N) is 3. The Kier molecular flexibility index (Phi) is 4.85. The van der Waals surface area contributed by atoms with E-state index >= 15 is 0 Å². The summed E-state index contributed by atoms with van der Waals surface area (Å²) in [5.41, 5.74) is 2.35. The van der Waals surface area contributed by atoms with Crippen molar-refractivity contribution < 1.29 is 19.4 Å². The number of rotatable bonds is 3. The topological polar surface area (TPSA) is 105 Å². The minimum atomic E-state index is -1.10. The van der Waals surface area contributed by atoms with Gasteiger partial charge >= 0.3 is 6.09 Å². The van der Waals surface area contributed by atoms with Crippen LogP contribution in [0.15, 0.2) is 24.7 Å². The molecule has 0 saturated heterocycles. The van der Waals surface area contributed by atoms with Gasteiger partial charge in [0.25, 0.3) is 0 Å². The number of nitriles is 1. The maximum absolute atomic E-state index is 12.1. The zero-order valence-electron chi connectivity index (χ0n) is 15.5. The van der Waals surface area contributed by atoms with E-state index < -0.39 is 17.8 Å². The molecule has 1 aromatic heterocycles. The van der Waals surface area contributed by atoms with Crippen LogP contribution in [0, 0.1) is 17.2 Å². The fraction of sp³-hybridized carbons (Fsp3) is 0.400. The number of carbonyl (C=O) groups excluding carboxylic acids is 2. The number of aliphatic hydroxyl groups excluding tert-OH is 1. The molecular formula is C20H21N3O4. The lowest BCUT2D eigenvalue weighted by molar-refractivity contribution is -0.110. The minimum absolute atomic E-state index is 0.133. The van der Waals surface area contributed by atoms with Crippen molar-refractivity contribution >= 4 is 12.4 Å². The molecule has 2 atom stereocenters. The normalized spacial score (nSPS) is 17.1. The lowest BCUT2D eigenvalue weighted by Gasteiger charge is -2.19. The third kappa shape index (κ3) is 3.91. The van der Waals surface area contributed by atoms with Gasteiger partial charge in [-0.3, -0.25) is 0 Å². The number of aliphatic hydroxyl groups is 1. The van der Waals surface area contributed by atoms with Crippen molar-refractivity contribution in [1.82, 2.24) is 9.55 Å². The van der Waals surface area contributed by atoms with Crippen LogP contribution in [0.2, 0.25) is 0 Å². The van der Waals surface area contributed by atoms with Gasteiger partial charge < -0.3 is 14.6 Å². The highest BCUT2D eigenvalue weighted by Gasteiger charge is 2.27. The molecule has 1 aromatic carbocycles. The predicted octanol–water partition coefficient (Wildman–Crippen LogP) is 2.53. The Morgan fingerprint density at radius 1 is 1.44 bits per heavy atom. The van der Waals surface area contributed by atoms with E-state index in [1.807, 2.05) is 0 Å². The molecule has 1 heterocycles. The first kappa shape index (κ1) is 18.8. The van der Waals surface area contributed by atoms with Crippen LogP contribution in [0.4, 0.5) is 4.79 Å². The van der Waals surface area contributed by atoms with Crippen molar-refractivity contribution in [3.05, 3.63) is 52.6 Å². The van der Waals surface area contributed by atoms with Crippen LogP contribution in [-0.2, 0) is 22.4 Å². The van der Waals surface area contributed by atoms with E-state index in [0.717, 1.165) is 17.4 Å². The van der Waals surface area contributed by atoms with Crippen LogP contribution in [-0.4, -0.2) is 32.6 Å². The fourth-order valence-corrected chi connectivity index (χ4v) is 3.22. The summed E-state index contributed by atoms with van der Waals surface area (Å²) in [5, 5.41) is 20.1. The van der Waals surface area contributed by atoms with E-state index in [0.29, 0.717) is 24.0 Å². The summed E-state index contributed by atoms with van der Waals surface area (Å²) < 4.78 is 6.44. The highest BCUT2D eigenvalue weighted by atomic mass is 16.6. The summed E-state index contributed by atoms with van der Waals surface area (Å²) in [7, 11) is 0. The van der Waals surface area contributed by atoms with Gasteiger partial charge in [-0.2, -0.15) is 5.26 Å².